The second kappa shape index (κ2) is 6.68. The van der Waals surface area contributed by atoms with Gasteiger partial charge in [-0.2, -0.15) is 23.5 Å². The normalized spacial score (nSPS) is 16.1. The Labute approximate surface area is 138 Å². The van der Waals surface area contributed by atoms with Crippen LogP contribution in [0.5, 0.6) is 0 Å². The Bertz CT molecular complexity index is 750. The van der Waals surface area contributed by atoms with Crippen molar-refractivity contribution in [2.45, 2.75) is 44.8 Å². The predicted octanol–water partition coefficient (Wildman–Crippen LogP) is 5.02. The van der Waals surface area contributed by atoms with E-state index in [1.807, 2.05) is 6.07 Å². The standard InChI is InChI=1S/C18H18F3N3/c19-18(20,21)16-7-6-14(9-22)17(8-16)15-10-23-24(12-15)11-13-4-2-1-3-5-13/h6-8,10,12-13H,1-5,11H2. The van der Waals surface area contributed by atoms with Gasteiger partial charge < -0.3 is 0 Å². The summed E-state index contributed by atoms with van der Waals surface area (Å²) in [5.74, 6) is 0.573. The van der Waals surface area contributed by atoms with Crippen LogP contribution in [0.15, 0.2) is 30.6 Å². The Morgan fingerprint density at radius 3 is 2.62 bits per heavy atom. The Morgan fingerprint density at radius 2 is 1.96 bits per heavy atom. The zero-order valence-electron chi connectivity index (χ0n) is 13.2. The SMILES string of the molecule is N#Cc1ccc(C(F)(F)F)cc1-c1cnn(CC2CCCCC2)c1. The first-order chi connectivity index (χ1) is 11.5. The molecule has 3 nitrogen and oxygen atoms in total. The fourth-order valence-electron chi connectivity index (χ4n) is 3.29. The quantitative estimate of drug-likeness (QED) is 0.791. The van der Waals surface area contributed by atoms with Crippen LogP contribution in [0.3, 0.4) is 0 Å². The molecule has 6 heteroatoms. The number of nitrogens with zero attached hydrogens (tertiary/aromatic N) is 3. The molecule has 1 aliphatic carbocycles. The van der Waals surface area contributed by atoms with Gasteiger partial charge in [-0.3, -0.25) is 4.68 Å². The van der Waals surface area contributed by atoms with Crippen molar-refractivity contribution in [1.82, 2.24) is 9.78 Å². The maximum Gasteiger partial charge on any atom is 0.416 e. The molecular weight excluding hydrogens is 315 g/mol. The van der Waals surface area contributed by atoms with Gasteiger partial charge in [0.25, 0.3) is 0 Å². The molecule has 0 N–H and O–H groups in total. The van der Waals surface area contributed by atoms with Crippen LogP contribution in [-0.2, 0) is 12.7 Å². The molecule has 0 unspecified atom stereocenters. The first-order valence-electron chi connectivity index (χ1n) is 8.11. The van der Waals surface area contributed by atoms with E-state index >= 15 is 0 Å². The van der Waals surface area contributed by atoms with Crippen molar-refractivity contribution in [3.8, 4) is 17.2 Å². The zero-order chi connectivity index (χ0) is 17.2. The second-order valence-electron chi connectivity index (χ2n) is 6.33. The highest BCUT2D eigenvalue weighted by Gasteiger charge is 2.31. The first-order valence-corrected chi connectivity index (χ1v) is 8.11. The van der Waals surface area contributed by atoms with E-state index in [4.69, 9.17) is 0 Å². The molecule has 0 amide bonds. The van der Waals surface area contributed by atoms with Crippen molar-refractivity contribution in [3.63, 3.8) is 0 Å². The molecule has 1 aromatic carbocycles. The summed E-state index contributed by atoms with van der Waals surface area (Å²) in [6.07, 6.45) is 4.92. The zero-order valence-corrected chi connectivity index (χ0v) is 13.2. The van der Waals surface area contributed by atoms with E-state index in [1.165, 1.54) is 38.2 Å². The molecule has 126 valence electrons. The summed E-state index contributed by atoms with van der Waals surface area (Å²) in [7, 11) is 0. The average molecular weight is 333 g/mol. The van der Waals surface area contributed by atoms with E-state index in [0.29, 0.717) is 11.5 Å². The lowest BCUT2D eigenvalue weighted by Crippen LogP contribution is -2.14. The number of alkyl halides is 3. The molecule has 0 atom stereocenters. The van der Waals surface area contributed by atoms with Crippen molar-refractivity contribution in [1.29, 1.82) is 5.26 Å². The van der Waals surface area contributed by atoms with Gasteiger partial charge >= 0.3 is 6.18 Å². The highest BCUT2D eigenvalue weighted by atomic mass is 19.4. The van der Waals surface area contributed by atoms with E-state index in [2.05, 4.69) is 5.10 Å². The lowest BCUT2D eigenvalue weighted by atomic mass is 9.89. The van der Waals surface area contributed by atoms with E-state index in [1.54, 1.807) is 17.1 Å². The summed E-state index contributed by atoms with van der Waals surface area (Å²) in [5.41, 5.74) is 0.299. The smallest absolute Gasteiger partial charge is 0.272 e. The molecule has 1 aromatic heterocycles. The van der Waals surface area contributed by atoms with E-state index in [0.717, 1.165) is 18.7 Å². The summed E-state index contributed by atoms with van der Waals surface area (Å²) in [6.45, 7) is 0.779. The number of nitriles is 1. The third-order valence-electron chi connectivity index (χ3n) is 4.58. The maximum atomic E-state index is 12.9. The summed E-state index contributed by atoms with van der Waals surface area (Å²) in [6, 6.07) is 5.15. The predicted molar refractivity (Wildman–Crippen MR) is 84.0 cm³/mol. The molecule has 2 aromatic rings. The van der Waals surface area contributed by atoms with E-state index < -0.39 is 11.7 Å². The number of hydrogen-bond acceptors (Lipinski definition) is 2. The van der Waals surface area contributed by atoms with E-state index in [9.17, 15) is 18.4 Å². The van der Waals surface area contributed by atoms with Crippen molar-refractivity contribution in [2.75, 3.05) is 0 Å². The van der Waals surface area contributed by atoms with Gasteiger partial charge in [-0.15, -0.1) is 0 Å². The monoisotopic (exact) mass is 333 g/mol. The van der Waals surface area contributed by atoms with Crippen LogP contribution in [0.2, 0.25) is 0 Å². The van der Waals surface area contributed by atoms with Gasteiger partial charge in [-0.1, -0.05) is 19.3 Å². The summed E-state index contributed by atoms with van der Waals surface area (Å²) in [5, 5.41) is 13.5. The lowest BCUT2D eigenvalue weighted by Gasteiger charge is -2.21. The van der Waals surface area contributed by atoms with Gasteiger partial charge in [0.2, 0.25) is 0 Å². The van der Waals surface area contributed by atoms with Gasteiger partial charge in [0.05, 0.1) is 23.4 Å². The molecule has 0 bridgehead atoms. The number of halogens is 3. The highest BCUT2D eigenvalue weighted by molar-refractivity contribution is 5.70. The van der Waals surface area contributed by atoms with Crippen LogP contribution in [0.25, 0.3) is 11.1 Å². The molecule has 1 aliphatic rings. The summed E-state index contributed by atoms with van der Waals surface area (Å²) < 4.78 is 40.6. The minimum absolute atomic E-state index is 0.222. The molecule has 3 rings (SSSR count). The van der Waals surface area contributed by atoms with Gasteiger partial charge in [-0.25, -0.2) is 0 Å². The molecule has 1 saturated carbocycles. The molecule has 0 saturated heterocycles. The Balaban J connectivity index is 1.87. The first kappa shape index (κ1) is 16.6. The number of rotatable bonds is 3. The largest absolute Gasteiger partial charge is 0.416 e. The van der Waals surface area contributed by atoms with Crippen LogP contribution in [0, 0.1) is 17.2 Å². The molecule has 1 fully saturated rings. The van der Waals surface area contributed by atoms with Crippen LogP contribution >= 0.6 is 0 Å². The lowest BCUT2D eigenvalue weighted by molar-refractivity contribution is -0.137. The van der Waals surface area contributed by atoms with Crippen LogP contribution in [0.4, 0.5) is 13.2 Å². The fraction of sp³-hybridized carbons (Fsp3) is 0.444. The van der Waals surface area contributed by atoms with Gasteiger partial charge in [-0.05, 0) is 37.0 Å². The number of benzene rings is 1. The van der Waals surface area contributed by atoms with Crippen LogP contribution < -0.4 is 0 Å². The second-order valence-corrected chi connectivity index (χ2v) is 6.33. The van der Waals surface area contributed by atoms with Crippen molar-refractivity contribution in [3.05, 3.63) is 41.7 Å². The third kappa shape index (κ3) is 3.61. The maximum absolute atomic E-state index is 12.9. The molecular formula is C18H18F3N3. The molecule has 0 spiro atoms. The van der Waals surface area contributed by atoms with Crippen LogP contribution in [0.1, 0.15) is 43.2 Å². The van der Waals surface area contributed by atoms with Crippen LogP contribution in [-0.4, -0.2) is 9.78 Å². The summed E-state index contributed by atoms with van der Waals surface area (Å²) >= 11 is 0. The third-order valence-corrected chi connectivity index (χ3v) is 4.58. The van der Waals surface area contributed by atoms with Crippen molar-refractivity contribution in [2.24, 2.45) is 5.92 Å². The van der Waals surface area contributed by atoms with Gasteiger partial charge in [0.1, 0.15) is 0 Å². The minimum atomic E-state index is -4.43. The topological polar surface area (TPSA) is 41.6 Å². The van der Waals surface area contributed by atoms with Crippen molar-refractivity contribution < 1.29 is 13.2 Å². The highest BCUT2D eigenvalue weighted by Crippen LogP contribution is 2.34. The number of aromatic nitrogens is 2. The molecule has 0 aliphatic heterocycles. The Hall–Kier alpha value is -2.29. The molecule has 1 heterocycles. The van der Waals surface area contributed by atoms with Gasteiger partial charge in [0.15, 0.2) is 0 Å². The minimum Gasteiger partial charge on any atom is -0.272 e. The molecule has 0 radical (unpaired) electrons. The van der Waals surface area contributed by atoms with Gasteiger partial charge in [0, 0.05) is 23.9 Å². The fourth-order valence-corrected chi connectivity index (χ4v) is 3.29. The van der Waals surface area contributed by atoms with Crippen molar-refractivity contribution >= 4 is 0 Å². The Kier molecular flexibility index (Phi) is 4.61. The Morgan fingerprint density at radius 1 is 1.21 bits per heavy atom. The summed E-state index contributed by atoms with van der Waals surface area (Å²) in [4.78, 5) is 0. The van der Waals surface area contributed by atoms with E-state index in [-0.39, 0.29) is 11.1 Å². The molecule has 24 heavy (non-hydrogen) atoms. The average Bonchev–Trinajstić information content (AvgIpc) is 3.02. The number of hydrogen-bond donors (Lipinski definition) is 0.